The second kappa shape index (κ2) is 4.22. The van der Waals surface area contributed by atoms with E-state index in [2.05, 4.69) is 11.4 Å². The molecule has 0 bridgehead atoms. The van der Waals surface area contributed by atoms with E-state index >= 15 is 0 Å². The van der Waals surface area contributed by atoms with Crippen LogP contribution in [0.5, 0.6) is 0 Å². The van der Waals surface area contributed by atoms with Crippen LogP contribution < -0.4 is 16.0 Å². The Bertz CT molecular complexity index is 530. The molecule has 0 atom stereocenters. The highest BCUT2D eigenvalue weighted by Gasteiger charge is 2.38. The van der Waals surface area contributed by atoms with Crippen molar-refractivity contribution in [2.75, 3.05) is 23.7 Å². The molecule has 18 heavy (non-hydrogen) atoms. The molecule has 94 valence electrons. The lowest BCUT2D eigenvalue weighted by Gasteiger charge is -2.43. The third kappa shape index (κ3) is 1.86. The molecule has 1 amide bonds. The first-order valence-electron chi connectivity index (χ1n) is 5.82. The van der Waals surface area contributed by atoms with Crippen LogP contribution in [0, 0.1) is 11.3 Å². The summed E-state index contributed by atoms with van der Waals surface area (Å²) in [5, 5.41) is 12.0. The van der Waals surface area contributed by atoms with Gasteiger partial charge in [0.15, 0.2) is 0 Å². The molecule has 1 fully saturated rings. The van der Waals surface area contributed by atoms with Gasteiger partial charge in [-0.15, -0.1) is 0 Å². The number of amides is 1. The van der Waals surface area contributed by atoms with Gasteiger partial charge in [-0.05, 0) is 32.0 Å². The van der Waals surface area contributed by atoms with Gasteiger partial charge in [0.25, 0.3) is 0 Å². The van der Waals surface area contributed by atoms with Crippen LogP contribution >= 0.6 is 0 Å². The van der Waals surface area contributed by atoms with E-state index < -0.39 is 5.54 Å². The van der Waals surface area contributed by atoms with E-state index in [1.165, 1.54) is 0 Å². The molecule has 0 aliphatic carbocycles. The number of carbonyl (C=O) groups is 1. The molecule has 5 heteroatoms. The molecular weight excluding hydrogens is 228 g/mol. The molecular formula is C13H16N4O. The number of nitrogens with zero attached hydrogens (tertiary/aromatic N) is 2. The number of piperazine rings is 1. The Morgan fingerprint density at radius 2 is 2.22 bits per heavy atom. The molecule has 3 N–H and O–H groups in total. The van der Waals surface area contributed by atoms with Gasteiger partial charge in [-0.2, -0.15) is 5.26 Å². The number of rotatable bonds is 1. The highest BCUT2D eigenvalue weighted by atomic mass is 16.2. The minimum atomic E-state index is -0.667. The molecule has 2 rings (SSSR count). The standard InChI is InChI=1S/C13H16N4O/c1-13(2)12(18)16-5-6-17(13)11-4-3-10(15)7-9(11)8-14/h3-4,7H,5-6,15H2,1-2H3,(H,16,18). The second-order valence-electron chi connectivity index (χ2n) is 4.85. The van der Waals surface area contributed by atoms with E-state index in [9.17, 15) is 10.1 Å². The summed E-state index contributed by atoms with van der Waals surface area (Å²) in [6, 6.07) is 7.32. The molecule has 1 aliphatic heterocycles. The molecule has 0 unspecified atom stereocenters. The highest BCUT2D eigenvalue weighted by Crippen LogP contribution is 2.30. The van der Waals surface area contributed by atoms with Crippen LogP contribution in [-0.4, -0.2) is 24.5 Å². The number of benzene rings is 1. The maximum atomic E-state index is 11.9. The van der Waals surface area contributed by atoms with Crippen molar-refractivity contribution in [3.63, 3.8) is 0 Å². The van der Waals surface area contributed by atoms with Gasteiger partial charge in [0.1, 0.15) is 11.6 Å². The summed E-state index contributed by atoms with van der Waals surface area (Å²) in [7, 11) is 0. The van der Waals surface area contributed by atoms with Gasteiger partial charge in [0.2, 0.25) is 5.91 Å². The first-order valence-corrected chi connectivity index (χ1v) is 5.82. The van der Waals surface area contributed by atoms with Gasteiger partial charge in [-0.1, -0.05) is 0 Å². The molecule has 1 aliphatic rings. The third-order valence-electron chi connectivity index (χ3n) is 3.28. The van der Waals surface area contributed by atoms with Crippen LogP contribution in [0.15, 0.2) is 18.2 Å². The molecule has 0 aromatic heterocycles. The number of hydrogen-bond donors (Lipinski definition) is 2. The Kier molecular flexibility index (Phi) is 2.87. The maximum Gasteiger partial charge on any atom is 0.245 e. The molecule has 0 saturated carbocycles. The van der Waals surface area contributed by atoms with E-state index in [1.807, 2.05) is 18.7 Å². The number of anilines is 2. The minimum absolute atomic E-state index is 0.0329. The Hall–Kier alpha value is -2.22. The summed E-state index contributed by atoms with van der Waals surface area (Å²) in [5.74, 6) is -0.0329. The van der Waals surface area contributed by atoms with Crippen molar-refractivity contribution in [3.05, 3.63) is 23.8 Å². The summed E-state index contributed by atoms with van der Waals surface area (Å²) in [4.78, 5) is 13.9. The minimum Gasteiger partial charge on any atom is -0.399 e. The zero-order valence-electron chi connectivity index (χ0n) is 10.5. The summed E-state index contributed by atoms with van der Waals surface area (Å²) < 4.78 is 0. The molecule has 1 heterocycles. The second-order valence-corrected chi connectivity index (χ2v) is 4.85. The summed E-state index contributed by atoms with van der Waals surface area (Å²) >= 11 is 0. The SMILES string of the molecule is CC1(C)C(=O)NCCN1c1ccc(N)cc1C#N. The van der Waals surface area contributed by atoms with E-state index in [1.54, 1.807) is 18.2 Å². The molecule has 1 saturated heterocycles. The number of nitriles is 1. The number of nitrogens with two attached hydrogens (primary N) is 1. The smallest absolute Gasteiger partial charge is 0.245 e. The molecule has 5 nitrogen and oxygen atoms in total. The Morgan fingerprint density at radius 3 is 2.89 bits per heavy atom. The first kappa shape index (κ1) is 12.2. The highest BCUT2D eigenvalue weighted by molar-refractivity contribution is 5.91. The van der Waals surface area contributed by atoms with Crippen LogP contribution in [0.2, 0.25) is 0 Å². The number of hydrogen-bond acceptors (Lipinski definition) is 4. The molecule has 1 aromatic carbocycles. The summed E-state index contributed by atoms with van der Waals surface area (Å²) in [5.41, 5.74) is 6.82. The number of nitrogens with one attached hydrogen (secondary N) is 1. The van der Waals surface area contributed by atoms with Crippen LogP contribution in [-0.2, 0) is 4.79 Å². The molecule has 1 aromatic rings. The topological polar surface area (TPSA) is 82.2 Å². The number of carbonyl (C=O) groups excluding carboxylic acids is 1. The lowest BCUT2D eigenvalue weighted by Crippen LogP contribution is -2.62. The van der Waals surface area contributed by atoms with Gasteiger partial charge < -0.3 is 16.0 Å². The monoisotopic (exact) mass is 244 g/mol. The Balaban J connectivity index is 2.48. The zero-order valence-corrected chi connectivity index (χ0v) is 10.5. The van der Waals surface area contributed by atoms with Crippen molar-refractivity contribution >= 4 is 17.3 Å². The van der Waals surface area contributed by atoms with Crippen molar-refractivity contribution in [2.45, 2.75) is 19.4 Å². The average Bonchev–Trinajstić information content (AvgIpc) is 2.33. The summed E-state index contributed by atoms with van der Waals surface area (Å²) in [6.45, 7) is 4.95. The third-order valence-corrected chi connectivity index (χ3v) is 3.28. The van der Waals surface area contributed by atoms with E-state index in [-0.39, 0.29) is 5.91 Å². The van der Waals surface area contributed by atoms with Crippen LogP contribution in [0.4, 0.5) is 11.4 Å². The van der Waals surface area contributed by atoms with E-state index in [4.69, 9.17) is 5.73 Å². The van der Waals surface area contributed by atoms with Gasteiger partial charge in [0, 0.05) is 18.8 Å². The van der Waals surface area contributed by atoms with Crippen LogP contribution in [0.25, 0.3) is 0 Å². The predicted molar refractivity (Wildman–Crippen MR) is 70.0 cm³/mol. The fraction of sp³-hybridized carbons (Fsp3) is 0.385. The van der Waals surface area contributed by atoms with Crippen molar-refractivity contribution in [2.24, 2.45) is 0 Å². The van der Waals surface area contributed by atoms with E-state index in [0.717, 1.165) is 5.69 Å². The lowest BCUT2D eigenvalue weighted by molar-refractivity contribution is -0.126. The van der Waals surface area contributed by atoms with Gasteiger partial charge in [-0.25, -0.2) is 0 Å². The molecule has 0 spiro atoms. The predicted octanol–water partition coefficient (Wildman–Crippen LogP) is 0.855. The lowest BCUT2D eigenvalue weighted by atomic mass is 9.96. The van der Waals surface area contributed by atoms with E-state index in [0.29, 0.717) is 24.3 Å². The Labute approximate surface area is 106 Å². The fourth-order valence-electron chi connectivity index (χ4n) is 2.20. The maximum absolute atomic E-state index is 11.9. The molecule has 0 radical (unpaired) electrons. The van der Waals surface area contributed by atoms with Crippen molar-refractivity contribution < 1.29 is 4.79 Å². The zero-order chi connectivity index (χ0) is 13.3. The number of nitrogen functional groups attached to an aromatic ring is 1. The van der Waals surface area contributed by atoms with Crippen molar-refractivity contribution in [3.8, 4) is 6.07 Å². The average molecular weight is 244 g/mol. The fourth-order valence-corrected chi connectivity index (χ4v) is 2.20. The van der Waals surface area contributed by atoms with Crippen molar-refractivity contribution in [1.29, 1.82) is 5.26 Å². The van der Waals surface area contributed by atoms with Crippen LogP contribution in [0.1, 0.15) is 19.4 Å². The van der Waals surface area contributed by atoms with Gasteiger partial charge in [-0.3, -0.25) is 4.79 Å². The largest absolute Gasteiger partial charge is 0.399 e. The summed E-state index contributed by atoms with van der Waals surface area (Å²) in [6.07, 6.45) is 0. The quantitative estimate of drug-likeness (QED) is 0.718. The van der Waals surface area contributed by atoms with Crippen LogP contribution in [0.3, 0.4) is 0 Å². The van der Waals surface area contributed by atoms with Gasteiger partial charge in [0.05, 0.1) is 11.3 Å². The van der Waals surface area contributed by atoms with Gasteiger partial charge >= 0.3 is 0 Å². The normalized spacial score (nSPS) is 18.1. The Morgan fingerprint density at radius 1 is 1.50 bits per heavy atom. The van der Waals surface area contributed by atoms with Crippen molar-refractivity contribution in [1.82, 2.24) is 5.32 Å². The first-order chi connectivity index (χ1) is 8.46.